The maximum Gasteiger partial charge on any atom is 0.312 e. The molecule has 0 radical (unpaired) electrons. The number of nitrogens with two attached hydrogens (primary N) is 1. The molecule has 2 heterocycles. The zero-order valence-electron chi connectivity index (χ0n) is 13.8. The van der Waals surface area contributed by atoms with Gasteiger partial charge in [0.05, 0.1) is 23.2 Å². The van der Waals surface area contributed by atoms with Crippen molar-refractivity contribution in [2.24, 2.45) is 5.73 Å². The molecule has 8 heteroatoms. The van der Waals surface area contributed by atoms with Crippen LogP contribution in [-0.2, 0) is 16.1 Å². The quantitative estimate of drug-likeness (QED) is 0.650. The fourth-order valence-electron chi connectivity index (χ4n) is 2.58. The second-order valence-electron chi connectivity index (χ2n) is 5.68. The zero-order valence-corrected chi connectivity index (χ0v) is 14.5. The van der Waals surface area contributed by atoms with E-state index in [0.717, 1.165) is 5.56 Å². The minimum absolute atomic E-state index is 0.0240. The summed E-state index contributed by atoms with van der Waals surface area (Å²) in [5.41, 5.74) is 7.27. The molecule has 2 aromatic heterocycles. The molecule has 0 spiro atoms. The van der Waals surface area contributed by atoms with E-state index < -0.39 is 18.0 Å². The number of pyridine rings is 1. The number of halogens is 1. The van der Waals surface area contributed by atoms with Crippen LogP contribution in [0.4, 0.5) is 4.79 Å². The fourth-order valence-corrected chi connectivity index (χ4v) is 2.74. The number of rotatable bonds is 6. The number of esters is 1. The summed E-state index contributed by atoms with van der Waals surface area (Å²) in [6.07, 6.45) is 3.43. The summed E-state index contributed by atoms with van der Waals surface area (Å²) in [7, 11) is 0. The summed E-state index contributed by atoms with van der Waals surface area (Å²) in [6.45, 7) is 0.0240. The number of ether oxygens (including phenoxy) is 1. The lowest BCUT2D eigenvalue weighted by Gasteiger charge is -2.17. The Morgan fingerprint density at radius 1 is 1.19 bits per heavy atom. The van der Waals surface area contributed by atoms with Gasteiger partial charge in [0, 0.05) is 12.4 Å². The number of hydrogen-bond donors (Lipinski definition) is 2. The number of urea groups is 1. The Kier molecular flexibility index (Phi) is 5.38. The number of aromatic nitrogens is 2. The largest absolute Gasteiger partial charge is 0.459 e. The van der Waals surface area contributed by atoms with Gasteiger partial charge in [0.2, 0.25) is 0 Å². The first-order chi connectivity index (χ1) is 12.5. The van der Waals surface area contributed by atoms with Gasteiger partial charge < -0.3 is 20.2 Å². The Bertz CT molecular complexity index is 927. The smallest absolute Gasteiger partial charge is 0.312 e. The number of amides is 2. The summed E-state index contributed by atoms with van der Waals surface area (Å²) >= 11 is 5.93. The predicted molar refractivity (Wildman–Crippen MR) is 96.5 cm³/mol. The highest BCUT2D eigenvalue weighted by molar-refractivity contribution is 6.30. The Labute approximate surface area is 154 Å². The molecular formula is C18H17ClN4O3. The Balaban J connectivity index is 1.63. The van der Waals surface area contributed by atoms with E-state index in [1.54, 1.807) is 41.1 Å². The van der Waals surface area contributed by atoms with Crippen molar-refractivity contribution < 1.29 is 14.3 Å². The molecule has 0 aliphatic rings. The minimum Gasteiger partial charge on any atom is -0.459 e. The highest BCUT2D eigenvalue weighted by Crippen LogP contribution is 2.18. The van der Waals surface area contributed by atoms with Crippen molar-refractivity contribution in [3.63, 3.8) is 0 Å². The van der Waals surface area contributed by atoms with Crippen LogP contribution in [0.15, 0.2) is 54.9 Å². The average molecular weight is 373 g/mol. The standard InChI is InChI=1S/C18H17ClN4O3/c19-13-6-7-16-21-14(10-23(16)9-13)11-26-17(24)8-15(22-18(20)25)12-4-2-1-3-5-12/h1-7,9-10,15H,8,11H2,(H3,20,22,25). The van der Waals surface area contributed by atoms with Gasteiger partial charge in [-0.1, -0.05) is 41.9 Å². The van der Waals surface area contributed by atoms with Gasteiger partial charge in [-0.2, -0.15) is 0 Å². The van der Waals surface area contributed by atoms with Crippen LogP contribution >= 0.6 is 11.6 Å². The molecule has 1 atom stereocenters. The molecule has 3 N–H and O–H groups in total. The van der Waals surface area contributed by atoms with Crippen LogP contribution in [0.2, 0.25) is 5.02 Å². The molecule has 0 bridgehead atoms. The van der Waals surface area contributed by atoms with Crippen molar-refractivity contribution in [1.29, 1.82) is 0 Å². The molecular weight excluding hydrogens is 356 g/mol. The second-order valence-corrected chi connectivity index (χ2v) is 6.12. The van der Waals surface area contributed by atoms with Gasteiger partial charge >= 0.3 is 12.0 Å². The van der Waals surface area contributed by atoms with Gasteiger partial charge in [0.15, 0.2) is 0 Å². The average Bonchev–Trinajstić information content (AvgIpc) is 3.02. The molecule has 0 aliphatic heterocycles. The SMILES string of the molecule is NC(=O)NC(CC(=O)OCc1cn2cc(Cl)ccc2n1)c1ccccc1. The minimum atomic E-state index is -0.705. The van der Waals surface area contributed by atoms with Crippen molar-refractivity contribution in [3.05, 3.63) is 71.1 Å². The number of imidazole rings is 1. The zero-order chi connectivity index (χ0) is 18.5. The van der Waals surface area contributed by atoms with Gasteiger partial charge in [-0.3, -0.25) is 4.79 Å². The van der Waals surface area contributed by atoms with Gasteiger partial charge in [-0.25, -0.2) is 9.78 Å². The van der Waals surface area contributed by atoms with Crippen LogP contribution in [0.1, 0.15) is 23.7 Å². The molecule has 3 rings (SSSR count). The Morgan fingerprint density at radius 3 is 2.69 bits per heavy atom. The summed E-state index contributed by atoms with van der Waals surface area (Å²) in [5, 5.41) is 3.14. The monoisotopic (exact) mass is 372 g/mol. The Morgan fingerprint density at radius 2 is 1.96 bits per heavy atom. The van der Waals surface area contributed by atoms with Crippen LogP contribution in [-0.4, -0.2) is 21.4 Å². The van der Waals surface area contributed by atoms with E-state index in [2.05, 4.69) is 10.3 Å². The van der Waals surface area contributed by atoms with E-state index in [1.807, 2.05) is 18.2 Å². The van der Waals surface area contributed by atoms with Crippen molar-refractivity contribution in [3.8, 4) is 0 Å². The maximum atomic E-state index is 12.2. The molecule has 0 aliphatic carbocycles. The predicted octanol–water partition coefficient (Wildman–Crippen LogP) is 2.83. The van der Waals surface area contributed by atoms with Crippen LogP contribution in [0.5, 0.6) is 0 Å². The first-order valence-corrected chi connectivity index (χ1v) is 8.29. The Hall–Kier alpha value is -3.06. The van der Waals surface area contributed by atoms with E-state index in [1.165, 1.54) is 0 Å². The molecule has 134 valence electrons. The lowest BCUT2D eigenvalue weighted by atomic mass is 10.0. The van der Waals surface area contributed by atoms with Gasteiger partial charge in [-0.05, 0) is 17.7 Å². The van der Waals surface area contributed by atoms with Crippen LogP contribution in [0, 0.1) is 0 Å². The normalized spacial score (nSPS) is 11.9. The van der Waals surface area contributed by atoms with E-state index in [-0.39, 0.29) is 13.0 Å². The molecule has 7 nitrogen and oxygen atoms in total. The van der Waals surface area contributed by atoms with Crippen molar-refractivity contribution >= 4 is 29.2 Å². The summed E-state index contributed by atoms with van der Waals surface area (Å²) in [4.78, 5) is 27.7. The number of nitrogens with zero attached hydrogens (tertiary/aromatic N) is 2. The van der Waals surface area contributed by atoms with Crippen LogP contribution in [0.25, 0.3) is 5.65 Å². The fraction of sp³-hybridized carbons (Fsp3) is 0.167. The maximum absolute atomic E-state index is 12.2. The highest BCUT2D eigenvalue weighted by atomic mass is 35.5. The number of carbonyl (C=O) groups is 2. The number of benzene rings is 1. The van der Waals surface area contributed by atoms with Crippen LogP contribution < -0.4 is 11.1 Å². The number of nitrogens with one attached hydrogen (secondary N) is 1. The van der Waals surface area contributed by atoms with Crippen molar-refractivity contribution in [1.82, 2.24) is 14.7 Å². The third kappa shape index (κ3) is 4.52. The summed E-state index contributed by atoms with van der Waals surface area (Å²) in [5.74, 6) is -0.470. The molecule has 3 aromatic rings. The molecule has 0 saturated heterocycles. The summed E-state index contributed by atoms with van der Waals surface area (Å²) < 4.78 is 7.04. The molecule has 2 amide bonds. The van der Waals surface area contributed by atoms with Crippen molar-refractivity contribution in [2.45, 2.75) is 19.1 Å². The first kappa shape index (κ1) is 17.8. The molecule has 0 saturated carbocycles. The summed E-state index contributed by atoms with van der Waals surface area (Å²) in [6, 6.07) is 11.3. The van der Waals surface area contributed by atoms with E-state index in [4.69, 9.17) is 22.1 Å². The third-order valence-corrected chi connectivity index (χ3v) is 3.96. The van der Waals surface area contributed by atoms with Gasteiger partial charge in [-0.15, -0.1) is 0 Å². The molecule has 1 aromatic carbocycles. The molecule has 26 heavy (non-hydrogen) atoms. The number of carbonyl (C=O) groups excluding carboxylic acids is 2. The third-order valence-electron chi connectivity index (χ3n) is 3.74. The van der Waals surface area contributed by atoms with Crippen LogP contribution in [0.3, 0.4) is 0 Å². The lowest BCUT2D eigenvalue weighted by molar-refractivity contribution is -0.145. The van der Waals surface area contributed by atoms with E-state index in [9.17, 15) is 9.59 Å². The van der Waals surface area contributed by atoms with E-state index in [0.29, 0.717) is 16.4 Å². The van der Waals surface area contributed by atoms with Gasteiger partial charge in [0.1, 0.15) is 12.3 Å². The number of hydrogen-bond acceptors (Lipinski definition) is 4. The lowest BCUT2D eigenvalue weighted by Crippen LogP contribution is -2.34. The molecule has 0 fully saturated rings. The first-order valence-electron chi connectivity index (χ1n) is 7.91. The number of fused-ring (bicyclic) bond motifs is 1. The topological polar surface area (TPSA) is 98.7 Å². The second kappa shape index (κ2) is 7.88. The number of primary amides is 1. The molecule has 1 unspecified atom stereocenters. The van der Waals surface area contributed by atoms with Gasteiger partial charge in [0.25, 0.3) is 0 Å². The van der Waals surface area contributed by atoms with E-state index >= 15 is 0 Å². The van der Waals surface area contributed by atoms with Crippen molar-refractivity contribution in [2.75, 3.05) is 0 Å². The highest BCUT2D eigenvalue weighted by Gasteiger charge is 2.18.